The van der Waals surface area contributed by atoms with E-state index in [2.05, 4.69) is 118 Å². The lowest BCUT2D eigenvalue weighted by atomic mass is 10.0. The molecule has 0 rings (SSSR count). The highest BCUT2D eigenvalue weighted by Crippen LogP contribution is 2.16. The Kier molecular flexibility index (Phi) is 57.8. The van der Waals surface area contributed by atoms with Gasteiger partial charge in [0.1, 0.15) is 13.2 Å². The molecule has 0 aromatic heterocycles. The van der Waals surface area contributed by atoms with Crippen molar-refractivity contribution in [1.82, 2.24) is 0 Å². The van der Waals surface area contributed by atoms with E-state index < -0.39 is 6.10 Å². The van der Waals surface area contributed by atoms with Crippen LogP contribution in [0.2, 0.25) is 0 Å². The molecule has 0 heterocycles. The van der Waals surface area contributed by atoms with Crippen LogP contribution in [0.15, 0.2) is 97.2 Å². The van der Waals surface area contributed by atoms with Crippen LogP contribution in [0.1, 0.15) is 290 Å². The first kappa shape index (κ1) is 69.3. The van der Waals surface area contributed by atoms with Crippen molar-refractivity contribution in [3.05, 3.63) is 97.2 Å². The molecule has 0 saturated carbocycles. The Labute approximate surface area is 451 Å². The zero-order valence-electron chi connectivity index (χ0n) is 47.9. The Hall–Kier alpha value is -3.67. The summed E-state index contributed by atoms with van der Waals surface area (Å²) in [6.07, 6.45) is 81.1. The molecule has 0 N–H and O–H groups in total. The lowest BCUT2D eigenvalue weighted by Gasteiger charge is -2.18. The molecule has 0 aromatic rings. The Morgan fingerprint density at radius 3 is 0.877 bits per heavy atom. The molecule has 6 nitrogen and oxygen atoms in total. The summed E-state index contributed by atoms with van der Waals surface area (Å²) in [4.78, 5) is 38.3. The van der Waals surface area contributed by atoms with E-state index in [4.69, 9.17) is 14.2 Å². The average molecular weight is 1020 g/mol. The normalized spacial score (nSPS) is 12.8. The quantitative estimate of drug-likeness (QED) is 0.0261. The van der Waals surface area contributed by atoms with Crippen LogP contribution in [0.25, 0.3) is 0 Å². The van der Waals surface area contributed by atoms with E-state index in [1.54, 1.807) is 0 Å². The van der Waals surface area contributed by atoms with Gasteiger partial charge in [-0.1, -0.05) is 272 Å². The third kappa shape index (κ3) is 59.1. The number of ether oxygens (including phenoxy) is 3. The highest BCUT2D eigenvalue weighted by atomic mass is 16.6. The monoisotopic (exact) mass is 1010 g/mol. The van der Waals surface area contributed by atoms with Gasteiger partial charge in [-0.15, -0.1) is 0 Å². The maximum atomic E-state index is 12.9. The molecule has 0 aliphatic rings. The number of hydrogen-bond acceptors (Lipinski definition) is 6. The van der Waals surface area contributed by atoms with E-state index in [0.717, 1.165) is 135 Å². The van der Waals surface area contributed by atoms with Crippen LogP contribution in [0.5, 0.6) is 0 Å². The molecule has 1 unspecified atom stereocenters. The van der Waals surface area contributed by atoms with Crippen molar-refractivity contribution in [3.63, 3.8) is 0 Å². The minimum absolute atomic E-state index is 0.0916. The lowest BCUT2D eigenvalue weighted by molar-refractivity contribution is -0.167. The summed E-state index contributed by atoms with van der Waals surface area (Å²) in [5, 5.41) is 0. The van der Waals surface area contributed by atoms with Gasteiger partial charge in [-0.3, -0.25) is 14.4 Å². The maximum Gasteiger partial charge on any atom is 0.306 e. The summed E-state index contributed by atoms with van der Waals surface area (Å²) in [6.45, 7) is 6.48. The molecule has 0 amide bonds. The third-order valence-electron chi connectivity index (χ3n) is 13.1. The van der Waals surface area contributed by atoms with E-state index in [9.17, 15) is 14.4 Å². The molecular formula is C67H114O6. The van der Waals surface area contributed by atoms with E-state index in [-0.39, 0.29) is 31.1 Å². The highest BCUT2D eigenvalue weighted by molar-refractivity contribution is 5.71. The molecule has 0 bridgehead atoms. The van der Waals surface area contributed by atoms with Gasteiger partial charge < -0.3 is 14.2 Å². The maximum absolute atomic E-state index is 12.9. The second-order valence-corrected chi connectivity index (χ2v) is 20.2. The molecule has 0 saturated heterocycles. The number of rotatable bonds is 55. The number of carbonyl (C=O) groups excluding carboxylic acids is 3. The summed E-state index contributed by atoms with van der Waals surface area (Å²) in [5.41, 5.74) is 0. The number of allylic oxidation sites excluding steroid dienone is 16. The molecule has 0 spiro atoms. The molecule has 0 aromatic carbocycles. The van der Waals surface area contributed by atoms with Gasteiger partial charge in [0.2, 0.25) is 0 Å². The van der Waals surface area contributed by atoms with E-state index in [1.807, 2.05) is 0 Å². The minimum atomic E-state index is -0.794. The molecule has 0 aliphatic carbocycles. The van der Waals surface area contributed by atoms with Gasteiger partial charge in [-0.25, -0.2) is 0 Å². The number of carbonyl (C=O) groups is 3. The van der Waals surface area contributed by atoms with Crippen LogP contribution < -0.4 is 0 Å². The summed E-state index contributed by atoms with van der Waals surface area (Å²) in [5.74, 6) is -0.920. The van der Waals surface area contributed by atoms with Crippen LogP contribution in [0.4, 0.5) is 0 Å². The highest BCUT2D eigenvalue weighted by Gasteiger charge is 2.19. The van der Waals surface area contributed by atoms with Gasteiger partial charge in [-0.05, 0) is 96.3 Å². The van der Waals surface area contributed by atoms with Crippen molar-refractivity contribution in [2.45, 2.75) is 297 Å². The van der Waals surface area contributed by atoms with Crippen LogP contribution in [-0.4, -0.2) is 37.2 Å². The summed E-state index contributed by atoms with van der Waals surface area (Å²) < 4.78 is 16.9. The third-order valence-corrected chi connectivity index (χ3v) is 13.1. The first-order valence-electron chi connectivity index (χ1n) is 30.7. The summed E-state index contributed by atoms with van der Waals surface area (Å²) in [6, 6.07) is 0. The first-order chi connectivity index (χ1) is 36.0. The Bertz CT molecular complexity index is 1440. The molecule has 6 heteroatoms. The smallest absolute Gasteiger partial charge is 0.306 e. The summed E-state index contributed by atoms with van der Waals surface area (Å²) >= 11 is 0. The number of unbranched alkanes of at least 4 members (excludes halogenated alkanes) is 28. The topological polar surface area (TPSA) is 78.9 Å². The van der Waals surface area contributed by atoms with E-state index in [1.165, 1.54) is 116 Å². The predicted octanol–water partition coefficient (Wildman–Crippen LogP) is 20.9. The average Bonchev–Trinajstić information content (AvgIpc) is 3.39. The zero-order chi connectivity index (χ0) is 52.9. The fourth-order valence-corrected chi connectivity index (χ4v) is 8.46. The van der Waals surface area contributed by atoms with Crippen LogP contribution >= 0.6 is 0 Å². The molecule has 418 valence electrons. The minimum Gasteiger partial charge on any atom is -0.462 e. The fraction of sp³-hybridized carbons (Fsp3) is 0.716. The van der Waals surface area contributed by atoms with E-state index >= 15 is 0 Å². The van der Waals surface area contributed by atoms with Gasteiger partial charge in [0.15, 0.2) is 6.10 Å². The second-order valence-electron chi connectivity index (χ2n) is 20.2. The van der Waals surface area contributed by atoms with Crippen molar-refractivity contribution in [3.8, 4) is 0 Å². The van der Waals surface area contributed by atoms with Gasteiger partial charge in [0, 0.05) is 19.3 Å². The fourth-order valence-electron chi connectivity index (χ4n) is 8.46. The number of hydrogen-bond donors (Lipinski definition) is 0. The lowest BCUT2D eigenvalue weighted by Crippen LogP contribution is -2.30. The molecular weight excluding hydrogens is 901 g/mol. The largest absolute Gasteiger partial charge is 0.462 e. The van der Waals surface area contributed by atoms with E-state index in [0.29, 0.717) is 19.3 Å². The Morgan fingerprint density at radius 2 is 0.548 bits per heavy atom. The van der Waals surface area contributed by atoms with Crippen molar-refractivity contribution in [2.75, 3.05) is 13.2 Å². The molecule has 0 radical (unpaired) electrons. The van der Waals surface area contributed by atoms with Crippen LogP contribution in [0.3, 0.4) is 0 Å². The Balaban J connectivity index is 4.42. The zero-order valence-corrected chi connectivity index (χ0v) is 47.9. The summed E-state index contributed by atoms with van der Waals surface area (Å²) in [7, 11) is 0. The molecule has 0 aliphatic heterocycles. The van der Waals surface area contributed by atoms with Crippen LogP contribution in [0, 0.1) is 0 Å². The van der Waals surface area contributed by atoms with Gasteiger partial charge in [-0.2, -0.15) is 0 Å². The van der Waals surface area contributed by atoms with Crippen LogP contribution in [-0.2, 0) is 28.6 Å². The standard InChI is InChI=1S/C67H114O6/c1-4-7-10-13-16-19-22-25-28-30-32-33-34-35-36-38-39-42-45-48-51-54-57-60-66(69)72-63-64(62-71-65(68)59-56-53-50-47-44-41-27-24-21-18-15-12-9-6-3)73-67(70)61-58-55-52-49-46-43-40-37-31-29-26-23-20-17-14-11-8-5-2/h7,10,15-16,18-19,24-25,27-28,32-33,35-36,39,42,64H,4-6,8-9,11-14,17,20-23,26,29-31,34,37-38,40-41,43-63H2,1-3H3/b10-7-,18-15-,19-16-,27-24-,28-25-,33-32-,36-35-,42-39-. The van der Waals surface area contributed by atoms with Gasteiger partial charge >= 0.3 is 17.9 Å². The van der Waals surface area contributed by atoms with Gasteiger partial charge in [0.25, 0.3) is 0 Å². The van der Waals surface area contributed by atoms with Gasteiger partial charge in [0.05, 0.1) is 0 Å². The second kappa shape index (κ2) is 60.9. The number of esters is 3. The van der Waals surface area contributed by atoms with Crippen molar-refractivity contribution in [1.29, 1.82) is 0 Å². The predicted molar refractivity (Wildman–Crippen MR) is 316 cm³/mol. The SMILES string of the molecule is CC/C=C\C/C=C\C/C=C\C/C=C\C/C=C\C/C=C\CCCCCCC(=O)OCC(COC(=O)CCCCCCC/C=C\C/C=C\CCCC)OC(=O)CCCCCCCCCCCCCCCCCCCC. The molecule has 1 atom stereocenters. The Morgan fingerprint density at radius 1 is 0.288 bits per heavy atom. The molecule has 0 fully saturated rings. The molecule has 73 heavy (non-hydrogen) atoms. The first-order valence-corrected chi connectivity index (χ1v) is 30.7. The van der Waals surface area contributed by atoms with Crippen molar-refractivity contribution < 1.29 is 28.6 Å². The van der Waals surface area contributed by atoms with Crippen molar-refractivity contribution >= 4 is 17.9 Å². The van der Waals surface area contributed by atoms with Crippen molar-refractivity contribution in [2.24, 2.45) is 0 Å².